The first-order valence-electron chi connectivity index (χ1n) is 11.6. The monoisotopic (exact) mass is 447 g/mol. The van der Waals surface area contributed by atoms with Crippen LogP contribution in [-0.2, 0) is 4.79 Å². The smallest absolute Gasteiger partial charge is 0.251 e. The normalized spacial score (nSPS) is 15.8. The van der Waals surface area contributed by atoms with E-state index in [-0.39, 0.29) is 17.6 Å². The van der Waals surface area contributed by atoms with Gasteiger partial charge in [-0.05, 0) is 72.5 Å². The lowest BCUT2D eigenvalue weighted by Crippen LogP contribution is -2.41. The first-order valence-corrected chi connectivity index (χ1v) is 11.6. The first-order chi connectivity index (χ1) is 16.1. The summed E-state index contributed by atoms with van der Waals surface area (Å²) in [4.78, 5) is 25.8. The molecule has 0 spiro atoms. The Morgan fingerprint density at radius 1 is 1.03 bits per heavy atom. The Morgan fingerprint density at radius 3 is 2.48 bits per heavy atom. The summed E-state index contributed by atoms with van der Waals surface area (Å²) >= 11 is 0. The molecule has 33 heavy (non-hydrogen) atoms. The Morgan fingerprint density at radius 2 is 1.76 bits per heavy atom. The maximum absolute atomic E-state index is 13.3. The molecule has 0 aromatic heterocycles. The van der Waals surface area contributed by atoms with Gasteiger partial charge >= 0.3 is 0 Å². The summed E-state index contributed by atoms with van der Waals surface area (Å²) in [5, 5.41) is 8.03. The fourth-order valence-corrected chi connectivity index (χ4v) is 4.78. The van der Waals surface area contributed by atoms with Gasteiger partial charge in [-0.25, -0.2) is 4.39 Å². The van der Waals surface area contributed by atoms with E-state index < -0.39 is 0 Å². The number of fused-ring (bicyclic) bond motifs is 1. The van der Waals surface area contributed by atoms with Crippen molar-refractivity contribution in [1.82, 2.24) is 15.5 Å². The summed E-state index contributed by atoms with van der Waals surface area (Å²) in [7, 11) is 0. The average Bonchev–Trinajstić information content (AvgIpc) is 2.85. The highest BCUT2D eigenvalue weighted by Gasteiger charge is 2.27. The fourth-order valence-electron chi connectivity index (χ4n) is 4.78. The van der Waals surface area contributed by atoms with Gasteiger partial charge < -0.3 is 15.5 Å². The second-order valence-corrected chi connectivity index (χ2v) is 8.68. The summed E-state index contributed by atoms with van der Waals surface area (Å²) in [5.41, 5.74) is 1.74. The van der Waals surface area contributed by atoms with Crippen LogP contribution in [0, 0.1) is 11.7 Å². The third-order valence-corrected chi connectivity index (χ3v) is 6.65. The average molecular weight is 448 g/mol. The fraction of sp³-hybridized carbons (Fsp3) is 0.333. The van der Waals surface area contributed by atoms with E-state index in [1.54, 1.807) is 0 Å². The SMILES string of the molecule is O=CNCC(c1ccc(F)cc1)C1CCN(CCNC(=O)c2ccc3ccccc3c2)CC1. The minimum Gasteiger partial charge on any atom is -0.358 e. The van der Waals surface area contributed by atoms with Gasteiger partial charge in [0.15, 0.2) is 0 Å². The highest BCUT2D eigenvalue weighted by atomic mass is 19.1. The van der Waals surface area contributed by atoms with Crippen molar-refractivity contribution in [2.45, 2.75) is 18.8 Å². The number of rotatable bonds is 9. The number of carbonyl (C=O) groups is 2. The number of hydrogen-bond acceptors (Lipinski definition) is 3. The molecule has 1 aliphatic rings. The summed E-state index contributed by atoms with van der Waals surface area (Å²) in [6, 6.07) is 20.4. The summed E-state index contributed by atoms with van der Waals surface area (Å²) in [5.74, 6) is 0.297. The van der Waals surface area contributed by atoms with Crippen molar-refractivity contribution in [2.75, 3.05) is 32.7 Å². The second-order valence-electron chi connectivity index (χ2n) is 8.68. The molecule has 4 rings (SSSR count). The maximum atomic E-state index is 13.3. The zero-order valence-electron chi connectivity index (χ0n) is 18.7. The Balaban J connectivity index is 1.26. The topological polar surface area (TPSA) is 61.4 Å². The van der Waals surface area contributed by atoms with Crippen LogP contribution >= 0.6 is 0 Å². The van der Waals surface area contributed by atoms with Crippen molar-refractivity contribution in [1.29, 1.82) is 0 Å². The molecule has 0 radical (unpaired) electrons. The van der Waals surface area contributed by atoms with Gasteiger partial charge in [-0.1, -0.05) is 42.5 Å². The van der Waals surface area contributed by atoms with Gasteiger partial charge in [0.1, 0.15) is 5.82 Å². The van der Waals surface area contributed by atoms with Crippen molar-refractivity contribution >= 4 is 23.1 Å². The van der Waals surface area contributed by atoms with E-state index in [9.17, 15) is 14.0 Å². The maximum Gasteiger partial charge on any atom is 0.251 e. The molecule has 1 saturated heterocycles. The number of piperidine rings is 1. The number of hydrogen-bond donors (Lipinski definition) is 2. The second kappa shape index (κ2) is 11.1. The minimum atomic E-state index is -0.249. The molecule has 172 valence electrons. The Hall–Kier alpha value is -3.25. The summed E-state index contributed by atoms with van der Waals surface area (Å²) in [6.45, 7) is 3.84. The van der Waals surface area contributed by atoms with Crippen LogP contribution in [0.5, 0.6) is 0 Å². The third kappa shape index (κ3) is 5.96. The largest absolute Gasteiger partial charge is 0.358 e. The lowest BCUT2D eigenvalue weighted by molar-refractivity contribution is -0.109. The number of amides is 2. The van der Waals surface area contributed by atoms with E-state index in [0.717, 1.165) is 55.2 Å². The minimum absolute atomic E-state index is 0.0491. The van der Waals surface area contributed by atoms with Gasteiger partial charge in [0.25, 0.3) is 5.91 Å². The number of nitrogens with zero attached hydrogens (tertiary/aromatic N) is 1. The first kappa shape index (κ1) is 22.9. The molecule has 0 bridgehead atoms. The Bertz CT molecular complexity index is 1080. The van der Waals surface area contributed by atoms with Crippen molar-refractivity contribution in [2.24, 2.45) is 5.92 Å². The number of benzene rings is 3. The van der Waals surface area contributed by atoms with Crippen molar-refractivity contribution in [3.05, 3.63) is 83.7 Å². The van der Waals surface area contributed by atoms with Crippen LogP contribution in [-0.4, -0.2) is 49.9 Å². The molecule has 1 unspecified atom stereocenters. The van der Waals surface area contributed by atoms with Gasteiger partial charge in [-0.15, -0.1) is 0 Å². The molecular formula is C27H30FN3O2. The predicted molar refractivity (Wildman–Crippen MR) is 129 cm³/mol. The zero-order valence-corrected chi connectivity index (χ0v) is 18.7. The highest BCUT2D eigenvalue weighted by Crippen LogP contribution is 2.32. The molecule has 1 aliphatic heterocycles. The molecule has 0 saturated carbocycles. The molecule has 1 heterocycles. The summed E-state index contributed by atoms with van der Waals surface area (Å²) < 4.78 is 13.3. The number of carbonyl (C=O) groups excluding carboxylic acids is 2. The quantitative estimate of drug-likeness (QED) is 0.489. The van der Waals surface area contributed by atoms with Gasteiger partial charge in [0, 0.05) is 31.1 Å². The van der Waals surface area contributed by atoms with Crippen LogP contribution in [0.1, 0.15) is 34.7 Å². The lowest BCUT2D eigenvalue weighted by atomic mass is 9.80. The lowest BCUT2D eigenvalue weighted by Gasteiger charge is -2.36. The van der Waals surface area contributed by atoms with Crippen LogP contribution < -0.4 is 10.6 Å². The van der Waals surface area contributed by atoms with E-state index >= 15 is 0 Å². The van der Waals surface area contributed by atoms with Crippen LogP contribution in [0.15, 0.2) is 66.7 Å². The van der Waals surface area contributed by atoms with Crippen LogP contribution in [0.2, 0.25) is 0 Å². The number of nitrogens with one attached hydrogen (secondary N) is 2. The number of likely N-dealkylation sites (tertiary alicyclic amines) is 1. The molecule has 5 nitrogen and oxygen atoms in total. The molecule has 1 atom stereocenters. The van der Waals surface area contributed by atoms with Gasteiger partial charge in [-0.2, -0.15) is 0 Å². The molecule has 6 heteroatoms. The van der Waals surface area contributed by atoms with E-state index in [4.69, 9.17) is 0 Å². The predicted octanol–water partition coefficient (Wildman–Crippen LogP) is 3.95. The molecule has 3 aromatic rings. The number of halogens is 1. The van der Waals surface area contributed by atoms with Crippen molar-refractivity contribution in [3.8, 4) is 0 Å². The molecule has 2 N–H and O–H groups in total. The van der Waals surface area contributed by atoms with E-state index in [2.05, 4.69) is 15.5 Å². The molecule has 3 aromatic carbocycles. The standard InChI is InChI=1S/C27H30FN3O2/c28-25-9-7-21(8-10-25)26(18-29-19-32)22-11-14-31(15-12-22)16-13-30-27(33)24-6-5-20-3-1-2-4-23(20)17-24/h1-10,17,19,22,26H,11-16,18H2,(H,29,32)(H,30,33). The van der Waals surface area contributed by atoms with Gasteiger partial charge in [-0.3, -0.25) is 9.59 Å². The highest BCUT2D eigenvalue weighted by molar-refractivity contribution is 5.98. The van der Waals surface area contributed by atoms with E-state index in [0.29, 0.717) is 24.6 Å². The molecule has 2 amide bonds. The molecular weight excluding hydrogens is 417 g/mol. The van der Waals surface area contributed by atoms with E-state index in [1.165, 1.54) is 12.1 Å². The van der Waals surface area contributed by atoms with Gasteiger partial charge in [0.05, 0.1) is 0 Å². The van der Waals surface area contributed by atoms with E-state index in [1.807, 2.05) is 54.6 Å². The van der Waals surface area contributed by atoms with Crippen LogP contribution in [0.25, 0.3) is 10.8 Å². The zero-order chi connectivity index (χ0) is 23.0. The van der Waals surface area contributed by atoms with Crippen molar-refractivity contribution in [3.63, 3.8) is 0 Å². The molecule has 0 aliphatic carbocycles. The molecule has 1 fully saturated rings. The van der Waals surface area contributed by atoms with Crippen LogP contribution in [0.4, 0.5) is 4.39 Å². The Labute approximate surface area is 194 Å². The van der Waals surface area contributed by atoms with Crippen molar-refractivity contribution < 1.29 is 14.0 Å². The van der Waals surface area contributed by atoms with Crippen LogP contribution in [0.3, 0.4) is 0 Å². The van der Waals surface area contributed by atoms with Gasteiger partial charge in [0.2, 0.25) is 6.41 Å². The third-order valence-electron chi connectivity index (χ3n) is 6.65. The summed E-state index contributed by atoms with van der Waals surface area (Å²) in [6.07, 6.45) is 2.73. The Kier molecular flexibility index (Phi) is 7.68.